The van der Waals surface area contributed by atoms with Gasteiger partial charge in [0.1, 0.15) is 0 Å². The molecule has 0 aliphatic heterocycles. The van der Waals surface area contributed by atoms with Gasteiger partial charge in [-0.05, 0) is 36.8 Å². The Labute approximate surface area is 128 Å². The van der Waals surface area contributed by atoms with Gasteiger partial charge in [-0.15, -0.1) is 0 Å². The highest BCUT2D eigenvalue weighted by atomic mass is 16.2. The molecule has 1 amide bonds. The molecule has 0 radical (unpaired) electrons. The number of carbonyl (C=O) groups excluding carboxylic acids is 1. The van der Waals surface area contributed by atoms with Crippen LogP contribution in [0.5, 0.6) is 0 Å². The Kier molecular flexibility index (Phi) is 6.24. The summed E-state index contributed by atoms with van der Waals surface area (Å²) in [7, 11) is 0. The van der Waals surface area contributed by atoms with Gasteiger partial charge in [0.2, 0.25) is 5.91 Å². The minimum atomic E-state index is -0.343. The molecule has 3 heteroatoms. The van der Waals surface area contributed by atoms with E-state index < -0.39 is 0 Å². The summed E-state index contributed by atoms with van der Waals surface area (Å²) < 4.78 is 0. The van der Waals surface area contributed by atoms with E-state index in [4.69, 9.17) is 5.73 Å². The van der Waals surface area contributed by atoms with Crippen LogP contribution >= 0.6 is 0 Å². The molecule has 3 N–H and O–H groups in total. The molecule has 1 unspecified atom stereocenters. The molecule has 0 spiro atoms. The van der Waals surface area contributed by atoms with Crippen molar-refractivity contribution in [2.45, 2.75) is 57.9 Å². The number of benzene rings is 1. The molecule has 21 heavy (non-hydrogen) atoms. The minimum absolute atomic E-state index is 0.00848. The first-order valence-electron chi connectivity index (χ1n) is 8.24. The number of aryl methyl sites for hydroxylation is 1. The van der Waals surface area contributed by atoms with Gasteiger partial charge < -0.3 is 11.1 Å². The van der Waals surface area contributed by atoms with Gasteiger partial charge in [-0.3, -0.25) is 4.79 Å². The van der Waals surface area contributed by atoms with Gasteiger partial charge in [-0.1, -0.05) is 56.4 Å². The minimum Gasteiger partial charge on any atom is -0.354 e. The SMILES string of the molecule is Cc1ccccc1CCNC(=O)C(N)CC1CCCCC1. The molecule has 0 bridgehead atoms. The lowest BCUT2D eigenvalue weighted by atomic mass is 9.85. The standard InChI is InChI=1S/C18H28N2O/c1-14-7-5-6-10-16(14)11-12-20-18(21)17(19)13-15-8-3-2-4-9-15/h5-7,10,15,17H,2-4,8-9,11-13,19H2,1H3,(H,20,21). The molecule has 1 saturated carbocycles. The number of rotatable bonds is 6. The van der Waals surface area contributed by atoms with Gasteiger partial charge in [0, 0.05) is 6.54 Å². The fourth-order valence-electron chi connectivity index (χ4n) is 3.23. The second-order valence-electron chi connectivity index (χ2n) is 6.31. The maximum Gasteiger partial charge on any atom is 0.236 e. The first kappa shape index (κ1) is 16.0. The first-order valence-corrected chi connectivity index (χ1v) is 8.24. The molecule has 1 fully saturated rings. The molecule has 1 atom stereocenters. The van der Waals surface area contributed by atoms with Crippen LogP contribution in [-0.4, -0.2) is 18.5 Å². The van der Waals surface area contributed by atoms with Crippen molar-refractivity contribution in [1.29, 1.82) is 0 Å². The topological polar surface area (TPSA) is 55.1 Å². The molecule has 1 aliphatic rings. The zero-order valence-corrected chi connectivity index (χ0v) is 13.1. The molecule has 0 aromatic heterocycles. The predicted molar refractivity (Wildman–Crippen MR) is 87.1 cm³/mol. The van der Waals surface area contributed by atoms with Crippen molar-refractivity contribution in [1.82, 2.24) is 5.32 Å². The summed E-state index contributed by atoms with van der Waals surface area (Å²) in [6, 6.07) is 7.95. The molecule has 3 nitrogen and oxygen atoms in total. The van der Waals surface area contributed by atoms with Crippen molar-refractivity contribution in [2.24, 2.45) is 11.7 Å². The normalized spacial score (nSPS) is 17.4. The van der Waals surface area contributed by atoms with Gasteiger partial charge in [-0.25, -0.2) is 0 Å². The second kappa shape index (κ2) is 8.18. The van der Waals surface area contributed by atoms with Crippen molar-refractivity contribution in [3.05, 3.63) is 35.4 Å². The van der Waals surface area contributed by atoms with Crippen LogP contribution in [0.4, 0.5) is 0 Å². The highest BCUT2D eigenvalue weighted by Gasteiger charge is 2.20. The zero-order valence-electron chi connectivity index (χ0n) is 13.1. The van der Waals surface area contributed by atoms with Crippen LogP contribution in [0.15, 0.2) is 24.3 Å². The number of nitrogens with two attached hydrogens (primary N) is 1. The quantitative estimate of drug-likeness (QED) is 0.845. The third-order valence-corrected chi connectivity index (χ3v) is 4.60. The number of amides is 1. The van der Waals surface area contributed by atoms with E-state index in [-0.39, 0.29) is 11.9 Å². The van der Waals surface area contributed by atoms with E-state index in [1.54, 1.807) is 0 Å². The van der Waals surface area contributed by atoms with E-state index in [0.717, 1.165) is 12.8 Å². The lowest BCUT2D eigenvalue weighted by molar-refractivity contribution is -0.122. The summed E-state index contributed by atoms with van der Waals surface area (Å²) in [5.74, 6) is 0.657. The van der Waals surface area contributed by atoms with Gasteiger partial charge in [0.05, 0.1) is 6.04 Å². The molecular formula is C18H28N2O. The summed E-state index contributed by atoms with van der Waals surface area (Å²) in [5, 5.41) is 2.98. The van der Waals surface area contributed by atoms with Crippen LogP contribution < -0.4 is 11.1 Å². The van der Waals surface area contributed by atoms with E-state index in [1.807, 2.05) is 12.1 Å². The van der Waals surface area contributed by atoms with Crippen molar-refractivity contribution in [2.75, 3.05) is 6.54 Å². The Morgan fingerprint density at radius 3 is 2.71 bits per heavy atom. The summed E-state index contributed by atoms with van der Waals surface area (Å²) in [5.41, 5.74) is 8.61. The van der Waals surface area contributed by atoms with Crippen molar-refractivity contribution < 1.29 is 4.79 Å². The second-order valence-corrected chi connectivity index (χ2v) is 6.31. The predicted octanol–water partition coefficient (Wildman–Crippen LogP) is 2.95. The molecule has 2 rings (SSSR count). The lowest BCUT2D eigenvalue weighted by Gasteiger charge is -2.24. The van der Waals surface area contributed by atoms with Crippen LogP contribution in [0.3, 0.4) is 0 Å². The Balaban J connectivity index is 1.70. The summed E-state index contributed by atoms with van der Waals surface area (Å²) in [6.45, 7) is 2.77. The van der Waals surface area contributed by atoms with Crippen LogP contribution in [0.25, 0.3) is 0 Å². The van der Waals surface area contributed by atoms with E-state index in [0.29, 0.717) is 12.5 Å². The molecular weight excluding hydrogens is 260 g/mol. The van der Waals surface area contributed by atoms with Crippen molar-refractivity contribution >= 4 is 5.91 Å². The number of hydrogen-bond donors (Lipinski definition) is 2. The lowest BCUT2D eigenvalue weighted by Crippen LogP contribution is -2.42. The average molecular weight is 288 g/mol. The Morgan fingerprint density at radius 1 is 1.29 bits per heavy atom. The van der Waals surface area contributed by atoms with Gasteiger partial charge >= 0.3 is 0 Å². The van der Waals surface area contributed by atoms with Crippen molar-refractivity contribution in [3.8, 4) is 0 Å². The molecule has 0 heterocycles. The third-order valence-electron chi connectivity index (χ3n) is 4.60. The van der Waals surface area contributed by atoms with Crippen LogP contribution in [0.1, 0.15) is 49.7 Å². The van der Waals surface area contributed by atoms with Gasteiger partial charge in [0.25, 0.3) is 0 Å². The van der Waals surface area contributed by atoms with Gasteiger partial charge in [0.15, 0.2) is 0 Å². The number of nitrogens with one attached hydrogen (secondary N) is 1. The number of carbonyl (C=O) groups is 1. The number of hydrogen-bond acceptors (Lipinski definition) is 2. The summed E-state index contributed by atoms with van der Waals surface area (Å²) in [6.07, 6.45) is 8.13. The highest BCUT2D eigenvalue weighted by Crippen LogP contribution is 2.26. The van der Waals surface area contributed by atoms with E-state index in [1.165, 1.54) is 43.2 Å². The maximum atomic E-state index is 12.1. The monoisotopic (exact) mass is 288 g/mol. The Bertz CT molecular complexity index is 452. The average Bonchev–Trinajstić information content (AvgIpc) is 2.50. The van der Waals surface area contributed by atoms with E-state index in [2.05, 4.69) is 24.4 Å². The first-order chi connectivity index (χ1) is 10.2. The fraction of sp³-hybridized carbons (Fsp3) is 0.611. The molecule has 1 aromatic rings. The Morgan fingerprint density at radius 2 is 2.00 bits per heavy atom. The highest BCUT2D eigenvalue weighted by molar-refractivity contribution is 5.81. The van der Waals surface area contributed by atoms with Gasteiger partial charge in [-0.2, -0.15) is 0 Å². The Hall–Kier alpha value is -1.35. The zero-order chi connectivity index (χ0) is 15.1. The molecule has 116 valence electrons. The fourth-order valence-corrected chi connectivity index (χ4v) is 3.23. The third kappa shape index (κ3) is 5.16. The molecule has 1 aliphatic carbocycles. The van der Waals surface area contributed by atoms with Crippen LogP contribution in [0.2, 0.25) is 0 Å². The van der Waals surface area contributed by atoms with E-state index in [9.17, 15) is 4.79 Å². The smallest absolute Gasteiger partial charge is 0.236 e. The summed E-state index contributed by atoms with van der Waals surface area (Å²) >= 11 is 0. The molecule has 1 aromatic carbocycles. The van der Waals surface area contributed by atoms with Crippen molar-refractivity contribution in [3.63, 3.8) is 0 Å². The molecule has 0 saturated heterocycles. The summed E-state index contributed by atoms with van der Waals surface area (Å²) in [4.78, 5) is 12.1. The maximum absolute atomic E-state index is 12.1. The van der Waals surface area contributed by atoms with Crippen LogP contribution in [0, 0.1) is 12.8 Å². The largest absolute Gasteiger partial charge is 0.354 e. The van der Waals surface area contributed by atoms with Crippen LogP contribution in [-0.2, 0) is 11.2 Å². The van der Waals surface area contributed by atoms with E-state index >= 15 is 0 Å².